The van der Waals surface area contributed by atoms with Gasteiger partial charge in [0.1, 0.15) is 5.82 Å². The molecule has 116 valence electrons. The third-order valence-corrected chi connectivity index (χ3v) is 4.69. The average Bonchev–Trinajstić information content (AvgIpc) is 3.16. The van der Waals surface area contributed by atoms with Crippen molar-refractivity contribution in [1.29, 1.82) is 0 Å². The number of para-hydroxylation sites is 1. The van der Waals surface area contributed by atoms with Crippen LogP contribution < -0.4 is 0 Å². The molecule has 0 spiro atoms. The molecule has 0 aliphatic rings. The Bertz CT molecular complexity index is 1210. The summed E-state index contributed by atoms with van der Waals surface area (Å²) in [5, 5.41) is 2.42. The van der Waals surface area contributed by atoms with Crippen LogP contribution in [0.25, 0.3) is 38.7 Å². The number of halogens is 1. The van der Waals surface area contributed by atoms with Crippen LogP contribution in [0.15, 0.2) is 67.0 Å². The molecule has 0 fully saturated rings. The van der Waals surface area contributed by atoms with E-state index >= 15 is 0 Å². The van der Waals surface area contributed by atoms with Crippen LogP contribution >= 0.6 is 0 Å². The van der Waals surface area contributed by atoms with Gasteiger partial charge in [-0.15, -0.1) is 0 Å². The zero-order chi connectivity index (χ0) is 16.3. The number of hydrogen-bond donors (Lipinski definition) is 0. The minimum Gasteiger partial charge on any atom is -0.341 e. The zero-order valence-electron chi connectivity index (χ0n) is 13.1. The van der Waals surface area contributed by atoms with E-state index in [0.29, 0.717) is 0 Å². The van der Waals surface area contributed by atoms with Gasteiger partial charge in [0, 0.05) is 35.1 Å². The number of pyridine rings is 1. The highest BCUT2D eigenvalue weighted by Crippen LogP contribution is 2.32. The van der Waals surface area contributed by atoms with Gasteiger partial charge in [-0.25, -0.2) is 9.37 Å². The van der Waals surface area contributed by atoms with Crippen LogP contribution in [0.2, 0.25) is 0 Å². The lowest BCUT2D eigenvalue weighted by Gasteiger charge is -2.04. The highest BCUT2D eigenvalue weighted by molar-refractivity contribution is 6.12. The Morgan fingerprint density at radius 1 is 0.917 bits per heavy atom. The summed E-state index contributed by atoms with van der Waals surface area (Å²) in [7, 11) is 2.07. The Hall–Kier alpha value is -3.14. The van der Waals surface area contributed by atoms with Crippen LogP contribution in [0.5, 0.6) is 0 Å². The van der Waals surface area contributed by atoms with Gasteiger partial charge in [0.2, 0.25) is 0 Å². The van der Waals surface area contributed by atoms with Crippen molar-refractivity contribution >= 4 is 27.5 Å². The van der Waals surface area contributed by atoms with Crippen molar-refractivity contribution in [2.24, 2.45) is 7.05 Å². The molecule has 3 aromatic heterocycles. The fourth-order valence-corrected chi connectivity index (χ4v) is 3.53. The Labute approximate surface area is 137 Å². The Morgan fingerprint density at radius 3 is 2.54 bits per heavy atom. The van der Waals surface area contributed by atoms with Crippen molar-refractivity contribution in [2.75, 3.05) is 0 Å². The molecule has 0 bridgehead atoms. The molecule has 2 aromatic carbocycles. The number of fused-ring (bicyclic) bond motifs is 5. The van der Waals surface area contributed by atoms with Crippen molar-refractivity contribution < 1.29 is 4.39 Å². The van der Waals surface area contributed by atoms with E-state index in [9.17, 15) is 4.39 Å². The number of aromatic nitrogens is 3. The van der Waals surface area contributed by atoms with Crippen LogP contribution in [0, 0.1) is 5.82 Å². The monoisotopic (exact) mass is 315 g/mol. The van der Waals surface area contributed by atoms with Crippen molar-refractivity contribution in [3.63, 3.8) is 0 Å². The van der Waals surface area contributed by atoms with Crippen LogP contribution in [-0.2, 0) is 7.05 Å². The molecule has 4 heteroatoms. The third-order valence-electron chi connectivity index (χ3n) is 4.69. The predicted molar refractivity (Wildman–Crippen MR) is 94.6 cm³/mol. The molecule has 24 heavy (non-hydrogen) atoms. The molecule has 3 heterocycles. The first-order valence-corrected chi connectivity index (χ1v) is 7.83. The molecule has 0 aliphatic heterocycles. The van der Waals surface area contributed by atoms with Gasteiger partial charge >= 0.3 is 0 Å². The molecular formula is C20H14FN3. The first-order chi connectivity index (χ1) is 11.7. The minimum atomic E-state index is -0.233. The molecule has 0 radical (unpaired) electrons. The van der Waals surface area contributed by atoms with E-state index in [4.69, 9.17) is 0 Å². The normalized spacial score (nSPS) is 11.8. The maximum atomic E-state index is 13.2. The van der Waals surface area contributed by atoms with Crippen LogP contribution in [0.3, 0.4) is 0 Å². The van der Waals surface area contributed by atoms with E-state index in [2.05, 4.69) is 45.3 Å². The van der Waals surface area contributed by atoms with Crippen LogP contribution in [-0.4, -0.2) is 14.0 Å². The van der Waals surface area contributed by atoms with E-state index in [1.807, 2.05) is 18.5 Å². The molecule has 3 nitrogen and oxygen atoms in total. The van der Waals surface area contributed by atoms with Gasteiger partial charge < -0.3 is 4.57 Å². The second kappa shape index (κ2) is 4.68. The maximum absolute atomic E-state index is 13.2. The third kappa shape index (κ3) is 1.68. The summed E-state index contributed by atoms with van der Waals surface area (Å²) >= 11 is 0. The molecule has 0 N–H and O–H groups in total. The number of imidazole rings is 1. The standard InChI is InChI=1S/C20H14FN3/c1-23-17-5-3-2-4-15(17)16-10-11-24-18(12-22-20(24)19(16)23)13-6-8-14(21)9-7-13/h2-12H,1H3. The molecule has 0 aliphatic carbocycles. The van der Waals surface area contributed by atoms with Gasteiger partial charge in [0.05, 0.1) is 17.4 Å². The summed E-state index contributed by atoms with van der Waals surface area (Å²) in [5.74, 6) is -0.233. The highest BCUT2D eigenvalue weighted by atomic mass is 19.1. The summed E-state index contributed by atoms with van der Waals surface area (Å²) in [4.78, 5) is 4.65. The zero-order valence-corrected chi connectivity index (χ0v) is 13.1. The smallest absolute Gasteiger partial charge is 0.161 e. The second-order valence-electron chi connectivity index (χ2n) is 6.00. The van der Waals surface area contributed by atoms with Gasteiger partial charge in [-0.1, -0.05) is 18.2 Å². The largest absolute Gasteiger partial charge is 0.341 e. The average molecular weight is 315 g/mol. The summed E-state index contributed by atoms with van der Waals surface area (Å²) in [5.41, 5.74) is 5.10. The van der Waals surface area contributed by atoms with E-state index in [0.717, 1.165) is 22.4 Å². The minimum absolute atomic E-state index is 0.233. The summed E-state index contributed by atoms with van der Waals surface area (Å²) in [6.07, 6.45) is 3.88. The SMILES string of the molecule is Cn1c2ccccc2c2ccn3c(-c4ccc(F)cc4)cnc3c21. The second-order valence-corrected chi connectivity index (χ2v) is 6.00. The summed E-state index contributed by atoms with van der Waals surface area (Å²) < 4.78 is 17.4. The first kappa shape index (κ1) is 13.3. The maximum Gasteiger partial charge on any atom is 0.161 e. The number of rotatable bonds is 1. The predicted octanol–water partition coefficient (Wildman–Crippen LogP) is 4.79. The van der Waals surface area contributed by atoms with Crippen molar-refractivity contribution in [2.45, 2.75) is 0 Å². The molecule has 5 aromatic rings. The van der Waals surface area contributed by atoms with E-state index < -0.39 is 0 Å². The molecular weight excluding hydrogens is 301 g/mol. The highest BCUT2D eigenvalue weighted by Gasteiger charge is 2.14. The van der Waals surface area contributed by atoms with Gasteiger partial charge in [-0.3, -0.25) is 4.40 Å². The number of nitrogens with zero attached hydrogens (tertiary/aromatic N) is 3. The van der Waals surface area contributed by atoms with E-state index in [-0.39, 0.29) is 5.82 Å². The Kier molecular flexibility index (Phi) is 2.59. The summed E-state index contributed by atoms with van der Waals surface area (Å²) in [6.45, 7) is 0. The van der Waals surface area contributed by atoms with Gasteiger partial charge in [0.25, 0.3) is 0 Å². The topological polar surface area (TPSA) is 22.2 Å². The first-order valence-electron chi connectivity index (χ1n) is 7.83. The number of aryl methyl sites for hydroxylation is 1. The fourth-order valence-electron chi connectivity index (χ4n) is 3.53. The number of benzene rings is 2. The van der Waals surface area contributed by atoms with Gasteiger partial charge in [0.15, 0.2) is 5.65 Å². The fraction of sp³-hybridized carbons (Fsp3) is 0.0500. The number of hydrogen-bond acceptors (Lipinski definition) is 1. The van der Waals surface area contributed by atoms with Crippen LogP contribution in [0.1, 0.15) is 0 Å². The molecule has 0 saturated carbocycles. The van der Waals surface area contributed by atoms with Crippen LogP contribution in [0.4, 0.5) is 4.39 Å². The molecule has 0 unspecified atom stereocenters. The molecule has 0 amide bonds. The van der Waals surface area contributed by atoms with Gasteiger partial charge in [-0.2, -0.15) is 0 Å². The van der Waals surface area contributed by atoms with Gasteiger partial charge in [-0.05, 0) is 36.4 Å². The lowest BCUT2D eigenvalue weighted by molar-refractivity contribution is 0.628. The quantitative estimate of drug-likeness (QED) is 0.436. The Balaban J connectivity index is 1.88. The van der Waals surface area contributed by atoms with Crippen molar-refractivity contribution in [1.82, 2.24) is 14.0 Å². The molecule has 0 saturated heterocycles. The van der Waals surface area contributed by atoms with Crippen molar-refractivity contribution in [3.8, 4) is 11.3 Å². The van der Waals surface area contributed by atoms with E-state index in [1.54, 1.807) is 12.1 Å². The van der Waals surface area contributed by atoms with E-state index in [1.165, 1.54) is 28.4 Å². The van der Waals surface area contributed by atoms with Crippen molar-refractivity contribution in [3.05, 3.63) is 72.8 Å². The summed E-state index contributed by atoms with van der Waals surface area (Å²) in [6, 6.07) is 17.0. The Morgan fingerprint density at radius 2 is 1.71 bits per heavy atom. The lowest BCUT2D eigenvalue weighted by atomic mass is 10.1. The molecule has 5 rings (SSSR count). The molecule has 0 atom stereocenters. The lowest BCUT2D eigenvalue weighted by Crippen LogP contribution is -1.93.